The molecule has 118 valence electrons. The standard InChI is InChI=1S/C15H20I3NO2/c1-2-3-6-19-7-4-5-8-21-15(20)12-9-11(16)10-13(17)14(12)18/h9-10,19H,2-8H2,1H3. The Morgan fingerprint density at radius 3 is 2.57 bits per heavy atom. The summed E-state index contributed by atoms with van der Waals surface area (Å²) in [5, 5.41) is 3.39. The fourth-order valence-electron chi connectivity index (χ4n) is 1.73. The van der Waals surface area contributed by atoms with Crippen molar-refractivity contribution in [3.63, 3.8) is 0 Å². The highest BCUT2D eigenvalue weighted by molar-refractivity contribution is 14.1. The lowest BCUT2D eigenvalue weighted by Gasteiger charge is -2.09. The molecule has 6 heteroatoms. The summed E-state index contributed by atoms with van der Waals surface area (Å²) in [7, 11) is 0. The lowest BCUT2D eigenvalue weighted by atomic mass is 10.2. The smallest absolute Gasteiger partial charge is 0.339 e. The van der Waals surface area contributed by atoms with Crippen LogP contribution in [0, 0.1) is 10.7 Å². The van der Waals surface area contributed by atoms with E-state index in [0.717, 1.165) is 36.6 Å². The third-order valence-corrected chi connectivity index (χ3v) is 6.57. The first kappa shape index (κ1) is 19.9. The van der Waals surface area contributed by atoms with E-state index >= 15 is 0 Å². The first-order valence-corrected chi connectivity index (χ1v) is 10.3. The van der Waals surface area contributed by atoms with Crippen molar-refractivity contribution in [2.75, 3.05) is 19.7 Å². The molecule has 0 fully saturated rings. The predicted octanol–water partition coefficient (Wildman–Crippen LogP) is 4.83. The van der Waals surface area contributed by atoms with E-state index in [-0.39, 0.29) is 5.97 Å². The van der Waals surface area contributed by atoms with E-state index < -0.39 is 0 Å². The van der Waals surface area contributed by atoms with Gasteiger partial charge < -0.3 is 10.1 Å². The van der Waals surface area contributed by atoms with Crippen molar-refractivity contribution < 1.29 is 9.53 Å². The largest absolute Gasteiger partial charge is 0.462 e. The number of esters is 1. The highest BCUT2D eigenvalue weighted by atomic mass is 127. The topological polar surface area (TPSA) is 38.3 Å². The van der Waals surface area contributed by atoms with E-state index in [1.807, 2.05) is 6.07 Å². The zero-order chi connectivity index (χ0) is 15.7. The van der Waals surface area contributed by atoms with Crippen molar-refractivity contribution in [1.29, 1.82) is 0 Å². The summed E-state index contributed by atoms with van der Waals surface area (Å²) in [6.07, 6.45) is 4.39. The van der Waals surface area contributed by atoms with Crippen molar-refractivity contribution in [3.05, 3.63) is 28.4 Å². The molecule has 0 spiro atoms. The number of carbonyl (C=O) groups excluding carboxylic acids is 1. The molecule has 0 heterocycles. The molecule has 3 nitrogen and oxygen atoms in total. The number of ether oxygens (including phenoxy) is 1. The third kappa shape index (κ3) is 7.78. The Labute approximate surface area is 167 Å². The SMILES string of the molecule is CCCCNCCCCOC(=O)c1cc(I)cc(I)c1I. The zero-order valence-corrected chi connectivity index (χ0v) is 18.5. The Morgan fingerprint density at radius 2 is 1.86 bits per heavy atom. The molecule has 1 rings (SSSR count). The molecule has 0 amide bonds. The van der Waals surface area contributed by atoms with Gasteiger partial charge in [0, 0.05) is 10.7 Å². The Bertz CT molecular complexity index is 466. The predicted molar refractivity (Wildman–Crippen MR) is 112 cm³/mol. The van der Waals surface area contributed by atoms with Crippen LogP contribution in [0.25, 0.3) is 0 Å². The molecule has 21 heavy (non-hydrogen) atoms. The summed E-state index contributed by atoms with van der Waals surface area (Å²) in [6, 6.07) is 3.95. The van der Waals surface area contributed by atoms with Gasteiger partial charge in [-0.3, -0.25) is 0 Å². The Morgan fingerprint density at radius 1 is 1.14 bits per heavy atom. The summed E-state index contributed by atoms with van der Waals surface area (Å²) in [4.78, 5) is 12.1. The van der Waals surface area contributed by atoms with Gasteiger partial charge in [-0.2, -0.15) is 0 Å². The Balaban J connectivity index is 2.28. The third-order valence-electron chi connectivity index (χ3n) is 2.90. The number of nitrogens with one attached hydrogen (secondary N) is 1. The summed E-state index contributed by atoms with van der Waals surface area (Å²) in [5.41, 5.74) is 0.674. The minimum absolute atomic E-state index is 0.213. The van der Waals surface area contributed by atoms with Crippen LogP contribution in [0.3, 0.4) is 0 Å². The van der Waals surface area contributed by atoms with E-state index in [1.165, 1.54) is 12.8 Å². The van der Waals surface area contributed by atoms with Crippen LogP contribution in [-0.4, -0.2) is 25.7 Å². The van der Waals surface area contributed by atoms with Crippen LogP contribution >= 0.6 is 67.8 Å². The molecule has 0 aromatic heterocycles. The molecule has 0 atom stereocenters. The van der Waals surface area contributed by atoms with Gasteiger partial charge in [0.05, 0.1) is 12.2 Å². The molecule has 0 aliphatic heterocycles. The van der Waals surface area contributed by atoms with Gasteiger partial charge in [0.1, 0.15) is 0 Å². The first-order chi connectivity index (χ1) is 10.1. The average molecular weight is 627 g/mol. The summed E-state index contributed by atoms with van der Waals surface area (Å²) in [6.45, 7) is 4.76. The van der Waals surface area contributed by atoms with Crippen LogP contribution in [0.2, 0.25) is 0 Å². The molecule has 0 radical (unpaired) electrons. The average Bonchev–Trinajstić information content (AvgIpc) is 2.45. The summed E-state index contributed by atoms with van der Waals surface area (Å²) in [5.74, 6) is -0.213. The van der Waals surface area contributed by atoms with Gasteiger partial charge in [-0.15, -0.1) is 0 Å². The molecule has 1 aromatic carbocycles. The minimum atomic E-state index is -0.213. The van der Waals surface area contributed by atoms with Crippen LogP contribution in [0.1, 0.15) is 43.0 Å². The number of halogens is 3. The molecule has 0 aliphatic carbocycles. The van der Waals surface area contributed by atoms with Crippen LogP contribution in [-0.2, 0) is 4.74 Å². The van der Waals surface area contributed by atoms with E-state index in [4.69, 9.17) is 4.74 Å². The monoisotopic (exact) mass is 627 g/mol. The summed E-state index contributed by atoms with van der Waals surface area (Å²) < 4.78 is 8.49. The second-order valence-corrected chi connectivity index (χ2v) is 8.18. The van der Waals surface area contributed by atoms with E-state index in [2.05, 4.69) is 86.1 Å². The fourth-order valence-corrected chi connectivity index (χ4v) is 4.10. The lowest BCUT2D eigenvalue weighted by Crippen LogP contribution is -2.17. The molecule has 0 aliphatic rings. The number of rotatable bonds is 9. The van der Waals surface area contributed by atoms with Crippen LogP contribution in [0.4, 0.5) is 0 Å². The molecule has 1 N–H and O–H groups in total. The number of benzene rings is 1. The number of carbonyl (C=O) groups is 1. The number of hydrogen-bond acceptors (Lipinski definition) is 3. The van der Waals surface area contributed by atoms with Crippen molar-refractivity contribution >= 4 is 73.7 Å². The highest BCUT2D eigenvalue weighted by Gasteiger charge is 2.14. The van der Waals surface area contributed by atoms with Crippen molar-refractivity contribution in [3.8, 4) is 0 Å². The van der Waals surface area contributed by atoms with Gasteiger partial charge in [0.15, 0.2) is 0 Å². The van der Waals surface area contributed by atoms with Crippen LogP contribution in [0.15, 0.2) is 12.1 Å². The van der Waals surface area contributed by atoms with E-state index in [0.29, 0.717) is 12.2 Å². The van der Waals surface area contributed by atoms with Gasteiger partial charge in [0.25, 0.3) is 0 Å². The normalized spacial score (nSPS) is 10.7. The highest BCUT2D eigenvalue weighted by Crippen LogP contribution is 2.23. The van der Waals surface area contributed by atoms with Gasteiger partial charge in [-0.05, 0) is 112 Å². The molecule has 0 bridgehead atoms. The maximum Gasteiger partial charge on any atom is 0.339 e. The molecule has 0 unspecified atom stereocenters. The molecular formula is C15H20I3NO2. The van der Waals surface area contributed by atoms with E-state index in [1.54, 1.807) is 0 Å². The Hall–Kier alpha value is 0.840. The number of hydrogen-bond donors (Lipinski definition) is 1. The molecule has 1 aromatic rings. The van der Waals surface area contributed by atoms with Crippen LogP contribution in [0.5, 0.6) is 0 Å². The second kappa shape index (κ2) is 11.4. The maximum absolute atomic E-state index is 12.1. The van der Waals surface area contributed by atoms with Gasteiger partial charge in [-0.1, -0.05) is 13.3 Å². The summed E-state index contributed by atoms with van der Waals surface area (Å²) >= 11 is 6.67. The molecule has 0 saturated carbocycles. The van der Waals surface area contributed by atoms with Crippen molar-refractivity contribution in [2.45, 2.75) is 32.6 Å². The lowest BCUT2D eigenvalue weighted by molar-refractivity contribution is 0.0497. The molecule has 0 saturated heterocycles. The van der Waals surface area contributed by atoms with Gasteiger partial charge >= 0.3 is 5.97 Å². The van der Waals surface area contributed by atoms with Gasteiger partial charge in [-0.25, -0.2) is 4.79 Å². The molecular weight excluding hydrogens is 607 g/mol. The first-order valence-electron chi connectivity index (χ1n) is 7.08. The second-order valence-electron chi connectivity index (χ2n) is 4.70. The Kier molecular flexibility index (Phi) is 10.8. The van der Waals surface area contributed by atoms with Crippen LogP contribution < -0.4 is 5.32 Å². The zero-order valence-electron chi connectivity index (χ0n) is 12.1. The fraction of sp³-hybridized carbons (Fsp3) is 0.533. The van der Waals surface area contributed by atoms with E-state index in [9.17, 15) is 4.79 Å². The van der Waals surface area contributed by atoms with Crippen molar-refractivity contribution in [1.82, 2.24) is 5.32 Å². The van der Waals surface area contributed by atoms with Crippen molar-refractivity contribution in [2.24, 2.45) is 0 Å². The maximum atomic E-state index is 12.1. The minimum Gasteiger partial charge on any atom is -0.462 e. The quantitative estimate of drug-likeness (QED) is 0.185. The number of unbranched alkanes of at least 4 members (excludes halogenated alkanes) is 2. The van der Waals surface area contributed by atoms with Gasteiger partial charge in [0.2, 0.25) is 0 Å².